The molecule has 1 fully saturated rings. The van der Waals surface area contributed by atoms with Crippen LogP contribution < -0.4 is 9.64 Å². The Kier molecular flexibility index (Phi) is 5.28. The van der Waals surface area contributed by atoms with Crippen LogP contribution in [-0.2, 0) is 4.79 Å². The molecule has 0 bridgehead atoms. The number of piperazine rings is 1. The number of nitriles is 1. The standard InChI is InChI=1S/C23H21N5O2/c1-3-22(29)27-11-9-26(10-12-27)19-7-5-17(6-8-19)21-13-20(30-4-2)16-28-23(21)18(14-24)15-25-28/h1,5-8,13,15-16H,4,9-12H2,2H3. The normalized spacial score (nSPS) is 13.7. The van der Waals surface area contributed by atoms with E-state index in [0.29, 0.717) is 31.0 Å². The van der Waals surface area contributed by atoms with Crippen LogP contribution in [0.1, 0.15) is 12.5 Å². The number of pyridine rings is 1. The van der Waals surface area contributed by atoms with Crippen molar-refractivity contribution in [1.29, 1.82) is 5.26 Å². The quantitative estimate of drug-likeness (QED) is 0.631. The predicted molar refractivity (Wildman–Crippen MR) is 114 cm³/mol. The van der Waals surface area contributed by atoms with Gasteiger partial charge in [-0.1, -0.05) is 12.1 Å². The van der Waals surface area contributed by atoms with Gasteiger partial charge in [-0.05, 0) is 36.6 Å². The number of benzene rings is 1. The number of hydrogen-bond donors (Lipinski definition) is 0. The number of anilines is 1. The minimum Gasteiger partial charge on any atom is -0.492 e. The van der Waals surface area contributed by atoms with Gasteiger partial charge in [0.05, 0.1) is 30.1 Å². The van der Waals surface area contributed by atoms with Gasteiger partial charge in [0, 0.05) is 37.4 Å². The molecule has 1 aliphatic rings. The average molecular weight is 399 g/mol. The van der Waals surface area contributed by atoms with Crippen molar-refractivity contribution in [2.24, 2.45) is 0 Å². The number of terminal acetylenes is 1. The highest BCUT2D eigenvalue weighted by Gasteiger charge is 2.20. The van der Waals surface area contributed by atoms with Gasteiger partial charge >= 0.3 is 0 Å². The summed E-state index contributed by atoms with van der Waals surface area (Å²) in [6.45, 7) is 5.17. The van der Waals surface area contributed by atoms with E-state index < -0.39 is 0 Å². The Morgan fingerprint density at radius 2 is 1.97 bits per heavy atom. The first-order valence-corrected chi connectivity index (χ1v) is 9.79. The molecule has 0 spiro atoms. The van der Waals surface area contributed by atoms with E-state index in [1.54, 1.807) is 21.8 Å². The third-order valence-corrected chi connectivity index (χ3v) is 5.25. The molecular weight excluding hydrogens is 378 g/mol. The Morgan fingerprint density at radius 3 is 2.60 bits per heavy atom. The Labute approximate surface area is 175 Å². The van der Waals surface area contributed by atoms with E-state index in [0.717, 1.165) is 35.4 Å². The molecule has 0 saturated carbocycles. The molecule has 4 rings (SSSR count). The summed E-state index contributed by atoms with van der Waals surface area (Å²) in [4.78, 5) is 15.6. The highest BCUT2D eigenvalue weighted by molar-refractivity contribution is 5.93. The molecule has 7 nitrogen and oxygen atoms in total. The zero-order valence-corrected chi connectivity index (χ0v) is 16.7. The lowest BCUT2D eigenvalue weighted by atomic mass is 10.0. The number of rotatable bonds is 4. The van der Waals surface area contributed by atoms with Crippen molar-refractivity contribution < 1.29 is 9.53 Å². The fourth-order valence-electron chi connectivity index (χ4n) is 3.76. The summed E-state index contributed by atoms with van der Waals surface area (Å²) in [5.41, 5.74) is 4.23. The van der Waals surface area contributed by atoms with E-state index >= 15 is 0 Å². The van der Waals surface area contributed by atoms with Gasteiger partial charge in [-0.15, -0.1) is 6.42 Å². The summed E-state index contributed by atoms with van der Waals surface area (Å²) in [6.07, 6.45) is 8.57. The molecule has 0 aliphatic carbocycles. The monoisotopic (exact) mass is 399 g/mol. The summed E-state index contributed by atoms with van der Waals surface area (Å²) in [5.74, 6) is 2.63. The summed E-state index contributed by atoms with van der Waals surface area (Å²) in [6, 6.07) is 12.3. The third-order valence-electron chi connectivity index (χ3n) is 5.25. The summed E-state index contributed by atoms with van der Waals surface area (Å²) < 4.78 is 7.37. The molecule has 2 aromatic heterocycles. The number of aromatic nitrogens is 2. The van der Waals surface area contributed by atoms with E-state index in [1.165, 1.54) is 0 Å². The topological polar surface area (TPSA) is 73.9 Å². The first-order chi connectivity index (χ1) is 14.6. The lowest BCUT2D eigenvalue weighted by Crippen LogP contribution is -2.48. The number of ether oxygens (including phenoxy) is 1. The number of nitrogens with zero attached hydrogens (tertiary/aromatic N) is 5. The minimum atomic E-state index is -0.253. The highest BCUT2D eigenvalue weighted by Crippen LogP contribution is 2.32. The van der Waals surface area contributed by atoms with Gasteiger partial charge in [-0.25, -0.2) is 4.52 Å². The van der Waals surface area contributed by atoms with Crippen molar-refractivity contribution in [3.8, 4) is 35.3 Å². The molecule has 0 radical (unpaired) electrons. The second-order valence-corrected chi connectivity index (χ2v) is 6.96. The van der Waals surface area contributed by atoms with Crippen LogP contribution >= 0.6 is 0 Å². The van der Waals surface area contributed by atoms with Gasteiger partial charge in [-0.3, -0.25) is 4.79 Å². The minimum absolute atomic E-state index is 0.253. The zero-order valence-electron chi connectivity index (χ0n) is 16.7. The fraction of sp³-hybridized carbons (Fsp3) is 0.261. The Bertz CT molecular complexity index is 1160. The van der Waals surface area contributed by atoms with Crippen LogP contribution in [0.5, 0.6) is 5.75 Å². The van der Waals surface area contributed by atoms with Crippen LogP contribution in [-0.4, -0.2) is 53.2 Å². The molecule has 0 N–H and O–H groups in total. The van der Waals surface area contributed by atoms with Crippen molar-refractivity contribution in [2.75, 3.05) is 37.7 Å². The molecule has 0 unspecified atom stereocenters. The predicted octanol–water partition coefficient (Wildman–Crippen LogP) is 2.55. The van der Waals surface area contributed by atoms with E-state index in [2.05, 4.69) is 34.1 Å². The van der Waals surface area contributed by atoms with Gasteiger partial charge in [0.1, 0.15) is 11.8 Å². The maximum Gasteiger partial charge on any atom is 0.298 e. The van der Waals surface area contributed by atoms with Crippen LogP contribution in [0.4, 0.5) is 5.69 Å². The van der Waals surface area contributed by atoms with Crippen molar-refractivity contribution in [2.45, 2.75) is 6.92 Å². The number of amides is 1. The average Bonchev–Trinajstić information content (AvgIpc) is 3.21. The molecule has 1 saturated heterocycles. The highest BCUT2D eigenvalue weighted by atomic mass is 16.5. The summed E-state index contributed by atoms with van der Waals surface area (Å²) in [7, 11) is 0. The molecule has 3 heterocycles. The van der Waals surface area contributed by atoms with Crippen molar-refractivity contribution >= 4 is 17.1 Å². The molecule has 0 atom stereocenters. The van der Waals surface area contributed by atoms with Gasteiger partial charge in [-0.2, -0.15) is 10.4 Å². The second-order valence-electron chi connectivity index (χ2n) is 6.96. The lowest BCUT2D eigenvalue weighted by Gasteiger charge is -2.35. The van der Waals surface area contributed by atoms with Crippen molar-refractivity contribution in [1.82, 2.24) is 14.5 Å². The molecule has 30 heavy (non-hydrogen) atoms. The molecule has 150 valence electrons. The molecule has 1 aromatic carbocycles. The molecular formula is C23H21N5O2. The van der Waals surface area contributed by atoms with Crippen LogP contribution in [0.15, 0.2) is 42.7 Å². The van der Waals surface area contributed by atoms with E-state index in [4.69, 9.17) is 11.2 Å². The lowest BCUT2D eigenvalue weighted by molar-refractivity contribution is -0.125. The smallest absolute Gasteiger partial charge is 0.298 e. The molecule has 1 aliphatic heterocycles. The van der Waals surface area contributed by atoms with Crippen LogP contribution in [0, 0.1) is 23.7 Å². The third kappa shape index (κ3) is 3.54. The van der Waals surface area contributed by atoms with Gasteiger partial charge in [0.2, 0.25) is 0 Å². The van der Waals surface area contributed by atoms with Crippen LogP contribution in [0.25, 0.3) is 16.6 Å². The SMILES string of the molecule is C#CC(=O)N1CCN(c2ccc(-c3cc(OCC)cn4ncc(C#N)c34)cc2)CC1. The molecule has 3 aromatic rings. The fourth-order valence-corrected chi connectivity index (χ4v) is 3.76. The van der Waals surface area contributed by atoms with Crippen molar-refractivity contribution in [3.05, 3.63) is 48.3 Å². The Morgan fingerprint density at radius 1 is 1.23 bits per heavy atom. The number of carbonyl (C=O) groups is 1. The van der Waals surface area contributed by atoms with Gasteiger partial charge < -0.3 is 14.5 Å². The Balaban J connectivity index is 1.63. The molecule has 1 amide bonds. The van der Waals surface area contributed by atoms with Gasteiger partial charge in [0.25, 0.3) is 5.91 Å². The summed E-state index contributed by atoms with van der Waals surface area (Å²) in [5, 5.41) is 13.8. The van der Waals surface area contributed by atoms with E-state index in [-0.39, 0.29) is 5.91 Å². The molecule has 7 heteroatoms. The zero-order chi connectivity index (χ0) is 21.1. The number of fused-ring (bicyclic) bond motifs is 1. The van der Waals surface area contributed by atoms with Crippen LogP contribution in [0.2, 0.25) is 0 Å². The van der Waals surface area contributed by atoms with E-state index in [9.17, 15) is 10.1 Å². The second kappa shape index (κ2) is 8.18. The maximum absolute atomic E-state index is 11.7. The maximum atomic E-state index is 11.7. The van der Waals surface area contributed by atoms with E-state index in [1.807, 2.05) is 25.1 Å². The summed E-state index contributed by atoms with van der Waals surface area (Å²) >= 11 is 0. The van der Waals surface area contributed by atoms with Crippen molar-refractivity contribution in [3.63, 3.8) is 0 Å². The first kappa shape index (κ1) is 19.4. The Hall–Kier alpha value is -3.97. The van der Waals surface area contributed by atoms with Gasteiger partial charge in [0.15, 0.2) is 0 Å². The number of hydrogen-bond acceptors (Lipinski definition) is 5. The van der Waals surface area contributed by atoms with Crippen LogP contribution in [0.3, 0.4) is 0 Å². The number of carbonyl (C=O) groups excluding carboxylic acids is 1. The first-order valence-electron chi connectivity index (χ1n) is 9.79. The largest absolute Gasteiger partial charge is 0.492 e.